The molecule has 1 heterocycles. The van der Waals surface area contributed by atoms with Crippen LogP contribution in [-0.4, -0.2) is 16.1 Å². The Kier molecular flexibility index (Phi) is 4.52. The predicted molar refractivity (Wildman–Crippen MR) is 72.6 cm³/mol. The summed E-state index contributed by atoms with van der Waals surface area (Å²) in [4.78, 5) is 15.7. The third-order valence-corrected chi connectivity index (χ3v) is 4.37. The second kappa shape index (κ2) is 6.14. The van der Waals surface area contributed by atoms with Crippen molar-refractivity contribution in [1.29, 1.82) is 0 Å². The van der Waals surface area contributed by atoms with E-state index in [-0.39, 0.29) is 5.82 Å². The van der Waals surface area contributed by atoms with E-state index in [1.54, 1.807) is 11.4 Å². The van der Waals surface area contributed by atoms with Gasteiger partial charge in [0, 0.05) is 10.3 Å². The molecule has 0 bridgehead atoms. The molecule has 0 aliphatic rings. The first kappa shape index (κ1) is 14.0. The van der Waals surface area contributed by atoms with Gasteiger partial charge in [0.1, 0.15) is 16.9 Å². The Hall–Kier alpha value is -1.44. The third-order valence-electron chi connectivity index (χ3n) is 2.31. The van der Waals surface area contributed by atoms with Gasteiger partial charge in [-0.15, -0.1) is 23.1 Å². The largest absolute Gasteiger partial charge is 0.480 e. The Morgan fingerprint density at radius 3 is 3.05 bits per heavy atom. The van der Waals surface area contributed by atoms with Crippen molar-refractivity contribution in [1.82, 2.24) is 4.98 Å². The maximum absolute atomic E-state index is 13.0. The van der Waals surface area contributed by atoms with Gasteiger partial charge in [-0.3, -0.25) is 4.79 Å². The summed E-state index contributed by atoms with van der Waals surface area (Å²) in [5.74, 6) is -0.826. The van der Waals surface area contributed by atoms with Gasteiger partial charge in [0.15, 0.2) is 0 Å². The lowest BCUT2D eigenvalue weighted by Gasteiger charge is -2.01. The molecule has 1 unspecified atom stereocenters. The van der Waals surface area contributed by atoms with E-state index in [1.165, 1.54) is 35.2 Å². The summed E-state index contributed by atoms with van der Waals surface area (Å²) in [6.07, 6.45) is 0. The highest BCUT2D eigenvalue weighted by Crippen LogP contribution is 2.26. The summed E-state index contributed by atoms with van der Waals surface area (Å²) in [5.41, 5.74) is 5.82. The van der Waals surface area contributed by atoms with E-state index in [9.17, 15) is 9.18 Å². The second-order valence-electron chi connectivity index (χ2n) is 3.73. The highest BCUT2D eigenvalue weighted by atomic mass is 32.2. The molecule has 0 radical (unpaired) electrons. The van der Waals surface area contributed by atoms with Gasteiger partial charge in [0.05, 0.1) is 11.4 Å². The number of benzene rings is 1. The van der Waals surface area contributed by atoms with Crippen molar-refractivity contribution >= 4 is 29.1 Å². The van der Waals surface area contributed by atoms with Crippen LogP contribution in [0.4, 0.5) is 4.39 Å². The zero-order valence-corrected chi connectivity index (χ0v) is 11.4. The van der Waals surface area contributed by atoms with Gasteiger partial charge >= 0.3 is 5.97 Å². The molecule has 0 saturated heterocycles. The summed E-state index contributed by atoms with van der Waals surface area (Å²) < 4.78 is 13.0. The second-order valence-corrected chi connectivity index (χ2v) is 5.72. The zero-order valence-electron chi connectivity index (χ0n) is 9.75. The first-order valence-corrected chi connectivity index (χ1v) is 7.24. The predicted octanol–water partition coefficient (Wildman–Crippen LogP) is 2.66. The first-order chi connectivity index (χ1) is 9.06. The van der Waals surface area contributed by atoms with Crippen LogP contribution in [0, 0.1) is 5.82 Å². The standard InChI is InChI=1S/C12H11FN2O2S2/c13-7-2-1-3-8(4-7)18-6-10-15-9(5-19-10)11(14)12(16)17/h1-5,11H,6,14H2,(H,16,17). The molecule has 0 saturated carbocycles. The number of hydrogen-bond donors (Lipinski definition) is 2. The molecule has 3 N–H and O–H groups in total. The quantitative estimate of drug-likeness (QED) is 0.830. The molecule has 1 atom stereocenters. The molecular weight excluding hydrogens is 287 g/mol. The minimum atomic E-state index is -1.10. The van der Waals surface area contributed by atoms with Crippen LogP contribution in [0.15, 0.2) is 34.5 Å². The molecule has 1 aromatic heterocycles. The topological polar surface area (TPSA) is 76.2 Å². The SMILES string of the molecule is NC(C(=O)O)c1csc(CSc2cccc(F)c2)n1. The molecule has 0 amide bonds. The summed E-state index contributed by atoms with van der Waals surface area (Å²) in [6.45, 7) is 0. The minimum absolute atomic E-state index is 0.280. The van der Waals surface area contributed by atoms with Gasteiger partial charge < -0.3 is 10.8 Å². The maximum atomic E-state index is 13.0. The summed E-state index contributed by atoms with van der Waals surface area (Å²) in [7, 11) is 0. The lowest BCUT2D eigenvalue weighted by Crippen LogP contribution is -2.20. The van der Waals surface area contributed by atoms with Crippen LogP contribution in [0.1, 0.15) is 16.7 Å². The molecule has 0 fully saturated rings. The molecule has 2 rings (SSSR count). The number of carboxylic acids is 1. The molecule has 0 spiro atoms. The van der Waals surface area contributed by atoms with Crippen molar-refractivity contribution in [3.05, 3.63) is 46.2 Å². The van der Waals surface area contributed by atoms with E-state index >= 15 is 0 Å². The van der Waals surface area contributed by atoms with Gasteiger partial charge in [-0.1, -0.05) is 6.07 Å². The molecular formula is C12H11FN2O2S2. The molecule has 2 aromatic rings. The van der Waals surface area contributed by atoms with Crippen LogP contribution in [0.2, 0.25) is 0 Å². The number of rotatable bonds is 5. The van der Waals surface area contributed by atoms with Crippen molar-refractivity contribution in [2.24, 2.45) is 5.73 Å². The Bertz CT molecular complexity index is 589. The molecule has 0 aliphatic carbocycles. The Labute approximate surface area is 117 Å². The van der Waals surface area contributed by atoms with Crippen LogP contribution in [0.3, 0.4) is 0 Å². The van der Waals surface area contributed by atoms with E-state index in [2.05, 4.69) is 4.98 Å². The Morgan fingerprint density at radius 1 is 1.58 bits per heavy atom. The van der Waals surface area contributed by atoms with Crippen molar-refractivity contribution in [3.8, 4) is 0 Å². The van der Waals surface area contributed by atoms with Crippen molar-refractivity contribution in [3.63, 3.8) is 0 Å². The normalized spacial score (nSPS) is 12.3. The van der Waals surface area contributed by atoms with Crippen LogP contribution in [0.25, 0.3) is 0 Å². The zero-order chi connectivity index (χ0) is 13.8. The lowest BCUT2D eigenvalue weighted by molar-refractivity contribution is -0.138. The van der Waals surface area contributed by atoms with Crippen molar-refractivity contribution in [2.45, 2.75) is 16.7 Å². The maximum Gasteiger partial charge on any atom is 0.326 e. The van der Waals surface area contributed by atoms with Crippen LogP contribution in [0.5, 0.6) is 0 Å². The van der Waals surface area contributed by atoms with E-state index in [0.717, 1.165) is 9.90 Å². The third kappa shape index (κ3) is 3.76. The van der Waals surface area contributed by atoms with Gasteiger partial charge in [-0.2, -0.15) is 0 Å². The van der Waals surface area contributed by atoms with Gasteiger partial charge in [0.25, 0.3) is 0 Å². The monoisotopic (exact) mass is 298 g/mol. The van der Waals surface area contributed by atoms with Crippen molar-refractivity contribution < 1.29 is 14.3 Å². The van der Waals surface area contributed by atoms with E-state index < -0.39 is 12.0 Å². The average molecular weight is 298 g/mol. The Balaban J connectivity index is 1.99. The molecule has 4 nitrogen and oxygen atoms in total. The number of thiazole rings is 1. The molecule has 19 heavy (non-hydrogen) atoms. The number of nitrogens with zero attached hydrogens (tertiary/aromatic N) is 1. The van der Waals surface area contributed by atoms with Gasteiger partial charge in [0.2, 0.25) is 0 Å². The van der Waals surface area contributed by atoms with Crippen LogP contribution in [-0.2, 0) is 10.5 Å². The van der Waals surface area contributed by atoms with Crippen molar-refractivity contribution in [2.75, 3.05) is 0 Å². The highest BCUT2D eigenvalue weighted by molar-refractivity contribution is 7.98. The molecule has 7 heteroatoms. The number of nitrogens with two attached hydrogens (primary N) is 1. The van der Waals surface area contributed by atoms with Gasteiger partial charge in [-0.05, 0) is 18.2 Å². The van der Waals surface area contributed by atoms with Crippen LogP contribution < -0.4 is 5.73 Å². The van der Waals surface area contributed by atoms with E-state index in [4.69, 9.17) is 10.8 Å². The number of aromatic nitrogens is 1. The number of carboxylic acid groups (broad SMARTS) is 1. The number of aliphatic carboxylic acids is 1. The number of halogens is 1. The number of thioether (sulfide) groups is 1. The molecule has 1 aromatic carbocycles. The summed E-state index contributed by atoms with van der Waals surface area (Å²) in [5, 5.41) is 11.2. The number of carbonyl (C=O) groups is 1. The summed E-state index contributed by atoms with van der Waals surface area (Å²) >= 11 is 2.79. The minimum Gasteiger partial charge on any atom is -0.480 e. The fourth-order valence-corrected chi connectivity index (χ4v) is 3.15. The lowest BCUT2D eigenvalue weighted by atomic mass is 10.2. The van der Waals surface area contributed by atoms with E-state index in [1.807, 2.05) is 6.07 Å². The fraction of sp³-hybridized carbons (Fsp3) is 0.167. The smallest absolute Gasteiger partial charge is 0.326 e. The van der Waals surface area contributed by atoms with Crippen LogP contribution >= 0.6 is 23.1 Å². The highest BCUT2D eigenvalue weighted by Gasteiger charge is 2.17. The summed E-state index contributed by atoms with van der Waals surface area (Å²) in [6, 6.07) is 5.19. The molecule has 100 valence electrons. The first-order valence-electron chi connectivity index (χ1n) is 5.37. The van der Waals surface area contributed by atoms with Gasteiger partial charge in [-0.25, -0.2) is 9.37 Å². The number of hydrogen-bond acceptors (Lipinski definition) is 5. The Morgan fingerprint density at radius 2 is 2.37 bits per heavy atom. The molecule has 0 aliphatic heterocycles. The fourth-order valence-electron chi connectivity index (χ4n) is 1.36. The average Bonchev–Trinajstić information content (AvgIpc) is 2.84. The van der Waals surface area contributed by atoms with E-state index in [0.29, 0.717) is 11.4 Å².